The monoisotopic (exact) mass is 704 g/mol. The fraction of sp³-hybridized carbons (Fsp3) is 0.366. The van der Waals surface area contributed by atoms with E-state index in [0.717, 1.165) is 56.4 Å². The van der Waals surface area contributed by atoms with Crippen LogP contribution in [0.4, 0.5) is 5.69 Å². The zero-order valence-electron chi connectivity index (χ0n) is 28.6. The molecule has 6 N–H and O–H groups in total. The Morgan fingerprint density at radius 2 is 1.86 bits per heavy atom. The molecule has 0 bridgehead atoms. The first-order chi connectivity index (χ1) is 24.2. The normalized spacial score (nSPS) is 24.8. The summed E-state index contributed by atoms with van der Waals surface area (Å²) in [4.78, 5) is 23.0. The van der Waals surface area contributed by atoms with Crippen LogP contribution in [0.5, 0.6) is 5.75 Å². The fourth-order valence-electron chi connectivity index (χ4n) is 8.59. The van der Waals surface area contributed by atoms with Gasteiger partial charge in [-0.2, -0.15) is 0 Å². The summed E-state index contributed by atoms with van der Waals surface area (Å²) in [5.41, 5.74) is 9.64. The Kier molecular flexibility index (Phi) is 9.87. The van der Waals surface area contributed by atoms with Gasteiger partial charge in [-0.05, 0) is 110 Å². The molecule has 0 radical (unpaired) electrons. The molecule has 2 saturated carbocycles. The van der Waals surface area contributed by atoms with E-state index >= 15 is 0 Å². The second-order valence-electron chi connectivity index (χ2n) is 13.8. The third kappa shape index (κ3) is 6.72. The minimum atomic E-state index is -0.524. The number of thiophene rings is 2. The van der Waals surface area contributed by atoms with Gasteiger partial charge in [0.15, 0.2) is 11.7 Å². The third-order valence-electron chi connectivity index (χ3n) is 10.7. The summed E-state index contributed by atoms with van der Waals surface area (Å²) in [6, 6.07) is 22.5. The number of aliphatic hydroxyl groups is 1. The first-order valence-corrected chi connectivity index (χ1v) is 19.1. The van der Waals surface area contributed by atoms with E-state index in [9.17, 15) is 15.0 Å². The fourth-order valence-corrected chi connectivity index (χ4v) is 10.6. The molecule has 4 aromatic rings. The van der Waals surface area contributed by atoms with Gasteiger partial charge in [0, 0.05) is 53.0 Å². The lowest BCUT2D eigenvalue weighted by molar-refractivity contribution is 0.0757. The van der Waals surface area contributed by atoms with Gasteiger partial charge in [0.25, 0.3) is 0 Å². The molecule has 7 unspecified atom stereocenters. The van der Waals surface area contributed by atoms with Crippen molar-refractivity contribution in [3.63, 3.8) is 0 Å². The van der Waals surface area contributed by atoms with Crippen LogP contribution in [-0.4, -0.2) is 47.7 Å². The summed E-state index contributed by atoms with van der Waals surface area (Å²) in [5.74, 6) is 7.17. The number of fused-ring (bicyclic) bond motifs is 1. The van der Waals surface area contributed by atoms with Crippen LogP contribution in [0.3, 0.4) is 0 Å². The number of nitrogens with zero attached hydrogens (tertiary/aromatic N) is 1. The van der Waals surface area contributed by atoms with Crippen LogP contribution in [0.25, 0.3) is 21.4 Å². The number of anilines is 1. The first-order valence-electron chi connectivity index (χ1n) is 17.5. The molecule has 258 valence electrons. The van der Waals surface area contributed by atoms with Crippen molar-refractivity contribution in [2.24, 2.45) is 34.4 Å². The minimum absolute atomic E-state index is 0.0191. The Labute approximate surface area is 301 Å². The number of phenols is 1. The second-order valence-corrected chi connectivity index (χ2v) is 15.9. The van der Waals surface area contributed by atoms with Crippen LogP contribution in [0.2, 0.25) is 0 Å². The molecule has 3 aliphatic rings. The van der Waals surface area contributed by atoms with Gasteiger partial charge in [0.05, 0.1) is 15.9 Å². The number of nitrogens with two attached hydrogens (primary N) is 1. The summed E-state index contributed by atoms with van der Waals surface area (Å²) in [6.07, 6.45) is 5.19. The molecular weight excluding hydrogens is 661 g/mol. The van der Waals surface area contributed by atoms with E-state index in [1.165, 1.54) is 16.0 Å². The van der Waals surface area contributed by atoms with E-state index in [1.807, 2.05) is 25.1 Å². The SMILES string of the molecule is CC#Cc1ccc(-c2ccc(C(=O)C3CCC4C(NC(N)=NC)C(c5cc(O)cc(NCC(C)O)c5)CCC5=c6ccccc6=CC3C54)s2)s1. The third-order valence-corrected chi connectivity index (χ3v) is 13.0. The number of benzene rings is 2. The first kappa shape index (κ1) is 34.1. The number of phenolic OH excluding ortho intramolecular Hbond substituents is 1. The van der Waals surface area contributed by atoms with E-state index in [4.69, 9.17) is 5.73 Å². The van der Waals surface area contributed by atoms with Crippen molar-refractivity contribution < 1.29 is 15.0 Å². The summed E-state index contributed by atoms with van der Waals surface area (Å²) < 4.78 is 0. The number of Topliss-reactive ketones (excluding diaryl/α,β-unsaturated/α-hetero) is 1. The molecule has 50 heavy (non-hydrogen) atoms. The van der Waals surface area contributed by atoms with Gasteiger partial charge < -0.3 is 26.6 Å². The van der Waals surface area contributed by atoms with Crippen molar-refractivity contribution in [1.29, 1.82) is 0 Å². The minimum Gasteiger partial charge on any atom is -0.508 e. The van der Waals surface area contributed by atoms with Crippen LogP contribution < -0.4 is 26.8 Å². The molecule has 2 aromatic heterocycles. The van der Waals surface area contributed by atoms with Crippen molar-refractivity contribution in [3.8, 4) is 27.3 Å². The molecule has 7 rings (SSSR count). The number of aromatic hydroxyl groups is 1. The van der Waals surface area contributed by atoms with E-state index in [2.05, 4.69) is 76.0 Å². The summed E-state index contributed by atoms with van der Waals surface area (Å²) >= 11 is 3.25. The molecule has 0 aliphatic heterocycles. The Morgan fingerprint density at radius 3 is 2.66 bits per heavy atom. The highest BCUT2D eigenvalue weighted by atomic mass is 32.1. The molecule has 2 fully saturated rings. The zero-order chi connectivity index (χ0) is 34.9. The number of nitrogens with one attached hydrogen (secondary N) is 2. The van der Waals surface area contributed by atoms with E-state index in [0.29, 0.717) is 12.5 Å². The lowest BCUT2D eigenvalue weighted by atomic mass is 9.59. The number of aliphatic hydroxyl groups excluding tert-OH is 1. The quantitative estimate of drug-likeness (QED) is 0.0674. The number of aliphatic imine (C=N–C) groups is 1. The lowest BCUT2D eigenvalue weighted by Gasteiger charge is -2.47. The number of ketones is 1. The van der Waals surface area contributed by atoms with Crippen LogP contribution in [0.15, 0.2) is 71.7 Å². The average Bonchev–Trinajstić information content (AvgIpc) is 3.76. The van der Waals surface area contributed by atoms with E-state index in [1.54, 1.807) is 42.7 Å². The zero-order valence-corrected chi connectivity index (χ0v) is 30.3. The highest BCUT2D eigenvalue weighted by Gasteiger charge is 2.50. The number of rotatable bonds is 8. The van der Waals surface area contributed by atoms with Crippen molar-refractivity contribution in [3.05, 3.63) is 92.5 Å². The molecule has 0 amide bonds. The molecule has 0 saturated heterocycles. The summed E-state index contributed by atoms with van der Waals surface area (Å²) in [7, 11) is 1.70. The molecule has 0 spiro atoms. The highest BCUT2D eigenvalue weighted by Crippen LogP contribution is 2.53. The van der Waals surface area contributed by atoms with Gasteiger partial charge in [-0.25, -0.2) is 0 Å². The molecule has 2 aromatic carbocycles. The van der Waals surface area contributed by atoms with E-state index in [-0.39, 0.29) is 47.2 Å². The molecule has 7 atom stereocenters. The summed E-state index contributed by atoms with van der Waals surface area (Å²) in [5, 5.41) is 30.2. The van der Waals surface area contributed by atoms with Crippen LogP contribution in [0.1, 0.15) is 65.6 Å². The Morgan fingerprint density at radius 1 is 1.06 bits per heavy atom. The molecule has 9 heteroatoms. The number of carbonyl (C=O) groups is 1. The van der Waals surface area contributed by atoms with Gasteiger partial charge in [-0.1, -0.05) is 41.8 Å². The standard InChI is InChI=1S/C41H44N4O3S2/c1-4-7-28-10-15-35(49-28)36-16-17-37(50-36)40(48)32-13-14-33-38-31(29-9-6-5-8-24(29)20-34(32)38)12-11-30(39(33)45-41(42)43-3)25-18-26(21-27(47)19-25)44-22-23(2)46/h5-6,8-10,15-21,23,30,32-34,38-39,44,46-47H,11-14,22H2,1-3H3,(H3,42,43,45). The smallest absolute Gasteiger partial charge is 0.188 e. The second kappa shape index (κ2) is 14.5. The van der Waals surface area contributed by atoms with Gasteiger partial charge in [-0.3, -0.25) is 9.79 Å². The van der Waals surface area contributed by atoms with Crippen molar-refractivity contribution in [1.82, 2.24) is 5.32 Å². The number of hydrogen-bond acceptors (Lipinski definition) is 7. The maximum Gasteiger partial charge on any atom is 0.188 e. The van der Waals surface area contributed by atoms with E-state index < -0.39 is 6.10 Å². The van der Waals surface area contributed by atoms with Crippen molar-refractivity contribution >= 4 is 51.8 Å². The predicted molar refractivity (Wildman–Crippen MR) is 206 cm³/mol. The molecule has 2 heterocycles. The largest absolute Gasteiger partial charge is 0.508 e. The Balaban J connectivity index is 1.28. The maximum atomic E-state index is 14.6. The predicted octanol–water partition coefficient (Wildman–Crippen LogP) is 5.91. The number of carbonyl (C=O) groups excluding carboxylic acids is 1. The summed E-state index contributed by atoms with van der Waals surface area (Å²) in [6.45, 7) is 3.96. The Hall–Kier alpha value is -4.36. The van der Waals surface area contributed by atoms with Crippen LogP contribution >= 0.6 is 22.7 Å². The maximum absolute atomic E-state index is 14.6. The van der Waals surface area contributed by atoms with Crippen molar-refractivity contribution in [2.75, 3.05) is 18.9 Å². The number of hydrogen-bond donors (Lipinski definition) is 5. The van der Waals surface area contributed by atoms with Crippen LogP contribution in [-0.2, 0) is 0 Å². The lowest BCUT2D eigenvalue weighted by Crippen LogP contribution is -2.53. The highest BCUT2D eigenvalue weighted by molar-refractivity contribution is 7.23. The van der Waals surface area contributed by atoms with Gasteiger partial charge in [-0.15, -0.1) is 28.6 Å². The molecular formula is C41H44N4O3S2. The molecule has 3 aliphatic carbocycles. The van der Waals surface area contributed by atoms with Gasteiger partial charge >= 0.3 is 0 Å². The molecule has 7 nitrogen and oxygen atoms in total. The van der Waals surface area contributed by atoms with Gasteiger partial charge in [0.2, 0.25) is 0 Å². The van der Waals surface area contributed by atoms with Crippen molar-refractivity contribution in [2.45, 2.75) is 57.6 Å². The number of guanidine groups is 1. The van der Waals surface area contributed by atoms with Gasteiger partial charge in [0.1, 0.15) is 5.75 Å². The van der Waals surface area contributed by atoms with Crippen LogP contribution in [0, 0.1) is 35.5 Å². The Bertz CT molecular complexity index is 2120. The topological polar surface area (TPSA) is 120 Å². The average molecular weight is 705 g/mol.